The average Bonchev–Trinajstić information content (AvgIpc) is 2.99. The van der Waals surface area contributed by atoms with E-state index < -0.39 is 5.97 Å². The fourth-order valence-electron chi connectivity index (χ4n) is 5.19. The Hall–Kier alpha value is -2.11. The van der Waals surface area contributed by atoms with E-state index in [9.17, 15) is 14.4 Å². The van der Waals surface area contributed by atoms with Gasteiger partial charge in [-0.15, -0.1) is 0 Å². The van der Waals surface area contributed by atoms with Crippen LogP contribution in [0.25, 0.3) is 0 Å². The first-order valence-electron chi connectivity index (χ1n) is 18.0. The van der Waals surface area contributed by atoms with Crippen molar-refractivity contribution < 1.29 is 24.2 Å². The van der Waals surface area contributed by atoms with Gasteiger partial charge in [0, 0.05) is 12.8 Å². The van der Waals surface area contributed by atoms with Gasteiger partial charge >= 0.3 is 11.9 Å². The van der Waals surface area contributed by atoms with Gasteiger partial charge in [0.05, 0.1) is 0 Å². The maximum atomic E-state index is 12.6. The Balaban J connectivity index is 4.03. The van der Waals surface area contributed by atoms with E-state index in [-0.39, 0.29) is 24.5 Å². The number of carboxylic acid groups (broad SMARTS) is 1. The molecule has 43 heavy (non-hydrogen) atoms. The van der Waals surface area contributed by atoms with Crippen LogP contribution >= 0.6 is 0 Å². The number of rotatable bonds is 32. The van der Waals surface area contributed by atoms with Crippen molar-refractivity contribution in [1.29, 1.82) is 0 Å². The Kier molecular flexibility index (Phi) is 31.2. The Morgan fingerprint density at radius 1 is 0.605 bits per heavy atom. The second-order valence-corrected chi connectivity index (χ2v) is 12.1. The maximum absolute atomic E-state index is 12.6. The van der Waals surface area contributed by atoms with Crippen LogP contribution < -0.4 is 5.32 Å². The fourth-order valence-corrected chi connectivity index (χ4v) is 5.19. The summed E-state index contributed by atoms with van der Waals surface area (Å²) in [5.41, 5.74) is 0. The van der Waals surface area contributed by atoms with Crippen LogP contribution in [-0.4, -0.2) is 35.6 Å². The predicted octanol–water partition coefficient (Wildman–Crippen LogP) is 10.4. The molecule has 0 bridgehead atoms. The summed E-state index contributed by atoms with van der Waals surface area (Å²) < 4.78 is 5.93. The van der Waals surface area contributed by atoms with Crippen molar-refractivity contribution in [3.8, 4) is 0 Å². The van der Waals surface area contributed by atoms with E-state index in [4.69, 9.17) is 9.84 Å². The van der Waals surface area contributed by atoms with E-state index in [1.54, 1.807) is 0 Å². The molecule has 0 aromatic rings. The van der Waals surface area contributed by atoms with Crippen molar-refractivity contribution in [2.75, 3.05) is 6.54 Å². The molecule has 0 spiro atoms. The molecular formula is C37H67NO5. The van der Waals surface area contributed by atoms with Crippen LogP contribution in [0.1, 0.15) is 181 Å². The minimum atomic E-state index is -1.02. The highest BCUT2D eigenvalue weighted by molar-refractivity contribution is 5.80. The van der Waals surface area contributed by atoms with Gasteiger partial charge in [0.2, 0.25) is 5.91 Å². The van der Waals surface area contributed by atoms with Crippen molar-refractivity contribution in [1.82, 2.24) is 5.32 Å². The second-order valence-electron chi connectivity index (χ2n) is 12.1. The minimum Gasteiger partial charge on any atom is -0.480 e. The number of hydrogen-bond acceptors (Lipinski definition) is 4. The molecule has 0 fully saturated rings. The Labute approximate surface area is 264 Å². The molecule has 0 aliphatic rings. The topological polar surface area (TPSA) is 92.7 Å². The van der Waals surface area contributed by atoms with E-state index in [0.29, 0.717) is 12.8 Å². The van der Waals surface area contributed by atoms with Crippen LogP contribution in [0.5, 0.6) is 0 Å². The number of ether oxygens (including phenoxy) is 1. The Bertz CT molecular complexity index is 718. The molecule has 0 radical (unpaired) electrons. The van der Waals surface area contributed by atoms with Gasteiger partial charge in [0.15, 0.2) is 0 Å². The largest absolute Gasteiger partial charge is 0.480 e. The zero-order valence-electron chi connectivity index (χ0n) is 28.1. The average molecular weight is 606 g/mol. The molecule has 0 aliphatic heterocycles. The predicted molar refractivity (Wildman–Crippen MR) is 180 cm³/mol. The first-order chi connectivity index (χ1) is 21.0. The number of carbonyl (C=O) groups is 3. The van der Waals surface area contributed by atoms with Gasteiger partial charge in [0.25, 0.3) is 0 Å². The van der Waals surface area contributed by atoms with E-state index in [1.807, 2.05) is 0 Å². The molecule has 1 unspecified atom stereocenters. The summed E-state index contributed by atoms with van der Waals surface area (Å²) in [6, 6.07) is 0. The Morgan fingerprint density at radius 2 is 1.07 bits per heavy atom. The summed E-state index contributed by atoms with van der Waals surface area (Å²) in [6.07, 6.45) is 37.2. The molecule has 0 aliphatic carbocycles. The van der Waals surface area contributed by atoms with E-state index in [2.05, 4.69) is 43.5 Å². The summed E-state index contributed by atoms with van der Waals surface area (Å²) in [5, 5.41) is 11.0. The molecule has 2 N–H and O–H groups in total. The molecule has 0 heterocycles. The molecule has 6 nitrogen and oxygen atoms in total. The third-order valence-corrected chi connectivity index (χ3v) is 7.88. The zero-order chi connectivity index (χ0) is 31.6. The molecule has 0 saturated carbocycles. The highest BCUT2D eigenvalue weighted by atomic mass is 16.5. The number of amides is 1. The van der Waals surface area contributed by atoms with Crippen LogP contribution in [0, 0.1) is 0 Å². The van der Waals surface area contributed by atoms with Crippen LogP contribution in [0.2, 0.25) is 0 Å². The molecular weight excluding hydrogens is 538 g/mol. The smallest absolute Gasteiger partial charge is 0.322 e. The SMILES string of the molecule is CCCCCC/C=C\C/C=C\CCCCCCCC(=O)OC(CCCCCCCC)CCCCCCC(=O)NCC(=O)O. The van der Waals surface area contributed by atoms with Crippen LogP contribution in [0.15, 0.2) is 24.3 Å². The monoisotopic (exact) mass is 606 g/mol. The molecule has 6 heteroatoms. The number of aliphatic carboxylic acids is 1. The van der Waals surface area contributed by atoms with E-state index in [1.165, 1.54) is 83.5 Å². The molecule has 0 aromatic carbocycles. The number of carboxylic acids is 1. The highest BCUT2D eigenvalue weighted by Gasteiger charge is 2.14. The molecule has 0 rings (SSSR count). The Morgan fingerprint density at radius 3 is 1.63 bits per heavy atom. The quantitative estimate of drug-likeness (QED) is 0.0452. The van der Waals surface area contributed by atoms with Crippen molar-refractivity contribution in [2.24, 2.45) is 0 Å². The van der Waals surface area contributed by atoms with Gasteiger partial charge in [-0.1, -0.05) is 122 Å². The van der Waals surface area contributed by atoms with Gasteiger partial charge in [-0.3, -0.25) is 14.4 Å². The van der Waals surface area contributed by atoms with Crippen LogP contribution in [0.3, 0.4) is 0 Å². The highest BCUT2D eigenvalue weighted by Crippen LogP contribution is 2.18. The third kappa shape index (κ3) is 32.6. The third-order valence-electron chi connectivity index (χ3n) is 7.88. The number of unbranched alkanes of at least 4 members (excludes halogenated alkanes) is 17. The molecule has 1 atom stereocenters. The van der Waals surface area contributed by atoms with E-state index >= 15 is 0 Å². The van der Waals surface area contributed by atoms with Crippen LogP contribution in [-0.2, 0) is 19.1 Å². The molecule has 0 saturated heterocycles. The summed E-state index contributed by atoms with van der Waals surface area (Å²) in [6.45, 7) is 4.16. The van der Waals surface area contributed by atoms with Gasteiger partial charge < -0.3 is 15.2 Å². The minimum absolute atomic E-state index is 0.000213. The number of allylic oxidation sites excluding steroid dienone is 4. The summed E-state index contributed by atoms with van der Waals surface area (Å²) in [4.78, 5) is 34.7. The lowest BCUT2D eigenvalue weighted by Gasteiger charge is -2.18. The van der Waals surface area contributed by atoms with Crippen LogP contribution in [0.4, 0.5) is 0 Å². The summed E-state index contributed by atoms with van der Waals surface area (Å²) >= 11 is 0. The van der Waals surface area contributed by atoms with Gasteiger partial charge in [-0.05, 0) is 70.6 Å². The first kappa shape index (κ1) is 40.9. The summed E-state index contributed by atoms with van der Waals surface area (Å²) in [5.74, 6) is -1.28. The number of esters is 1. The van der Waals surface area contributed by atoms with Gasteiger partial charge in [-0.2, -0.15) is 0 Å². The zero-order valence-corrected chi connectivity index (χ0v) is 28.1. The normalized spacial score (nSPS) is 12.2. The number of carbonyl (C=O) groups excluding carboxylic acids is 2. The molecule has 0 aromatic heterocycles. The standard InChI is InChI=1S/C37H67NO5/c1-3-5-7-9-11-12-13-14-15-16-17-18-19-20-22-28-32-37(42)43-34(29-25-21-10-8-6-4-2)30-26-23-24-27-31-35(39)38-33-36(40)41/h12-13,15-16,34H,3-11,14,17-33H2,1-2H3,(H,38,39)(H,40,41)/b13-12-,16-15-. The molecule has 250 valence electrons. The first-order valence-corrected chi connectivity index (χ1v) is 18.0. The number of nitrogens with one attached hydrogen (secondary N) is 1. The second kappa shape index (κ2) is 32.8. The van der Waals surface area contributed by atoms with Crippen molar-refractivity contribution >= 4 is 17.8 Å². The number of hydrogen-bond donors (Lipinski definition) is 2. The van der Waals surface area contributed by atoms with E-state index in [0.717, 1.165) is 70.6 Å². The van der Waals surface area contributed by atoms with Crippen molar-refractivity contribution in [2.45, 2.75) is 187 Å². The van der Waals surface area contributed by atoms with Gasteiger partial charge in [0.1, 0.15) is 12.6 Å². The van der Waals surface area contributed by atoms with Crippen molar-refractivity contribution in [3.05, 3.63) is 24.3 Å². The lowest BCUT2D eigenvalue weighted by Crippen LogP contribution is -2.28. The lowest BCUT2D eigenvalue weighted by molar-refractivity contribution is -0.150. The van der Waals surface area contributed by atoms with Gasteiger partial charge in [-0.25, -0.2) is 0 Å². The lowest BCUT2D eigenvalue weighted by atomic mass is 10.0. The summed E-state index contributed by atoms with van der Waals surface area (Å²) in [7, 11) is 0. The fraction of sp³-hybridized carbons (Fsp3) is 0.811. The van der Waals surface area contributed by atoms with Crippen molar-refractivity contribution in [3.63, 3.8) is 0 Å². The molecule has 1 amide bonds. The maximum Gasteiger partial charge on any atom is 0.322 e.